The van der Waals surface area contributed by atoms with E-state index in [0.29, 0.717) is 28.9 Å². The third kappa shape index (κ3) is 5.40. The zero-order valence-electron chi connectivity index (χ0n) is 11.0. The van der Waals surface area contributed by atoms with E-state index in [9.17, 15) is 8.76 Å². The predicted octanol–water partition coefficient (Wildman–Crippen LogP) is 2.42. The molecule has 110 valence electrons. The molecule has 1 heterocycles. The minimum atomic E-state index is -2.61. The van der Waals surface area contributed by atoms with Gasteiger partial charge in [0.25, 0.3) is 0 Å². The van der Waals surface area contributed by atoms with Crippen molar-refractivity contribution < 1.29 is 13.5 Å². The Hall–Kier alpha value is -0.630. The molecule has 7 heteroatoms. The summed E-state index contributed by atoms with van der Waals surface area (Å²) in [5, 5.41) is 3.13. The van der Waals surface area contributed by atoms with Crippen LogP contribution in [0.25, 0.3) is 0 Å². The van der Waals surface area contributed by atoms with Crippen LogP contribution in [0, 0.1) is 0 Å². The minimum Gasteiger partial charge on any atom is -0.493 e. The van der Waals surface area contributed by atoms with Gasteiger partial charge in [0.05, 0.1) is 12.6 Å². The van der Waals surface area contributed by atoms with Gasteiger partial charge in [0, 0.05) is 12.2 Å². The molecular formula is C13H18NO3S3+. The van der Waals surface area contributed by atoms with Crippen LogP contribution in [-0.2, 0) is 14.4 Å². The molecule has 1 aromatic rings. The number of para-hydroxylation sites is 1. The lowest BCUT2D eigenvalue weighted by Gasteiger charge is -2.11. The molecule has 1 fully saturated rings. The third-order valence-corrected chi connectivity index (χ3v) is 5.92. The fraction of sp³-hybridized carbons (Fsp3) is 0.462. The Morgan fingerprint density at radius 2 is 2.25 bits per heavy atom. The van der Waals surface area contributed by atoms with E-state index >= 15 is 0 Å². The molecule has 2 atom stereocenters. The number of ether oxygens (including phenoxy) is 1. The Labute approximate surface area is 129 Å². The largest absolute Gasteiger partial charge is 0.493 e. The van der Waals surface area contributed by atoms with Crippen LogP contribution < -0.4 is 10.1 Å². The van der Waals surface area contributed by atoms with Gasteiger partial charge in [0.2, 0.25) is 10.2 Å². The van der Waals surface area contributed by atoms with E-state index in [1.807, 2.05) is 30.3 Å². The summed E-state index contributed by atoms with van der Waals surface area (Å²) in [4.78, 5) is 0. The number of hydrogen-bond donors (Lipinski definition) is 2. The van der Waals surface area contributed by atoms with E-state index in [2.05, 4.69) is 5.32 Å². The molecule has 20 heavy (non-hydrogen) atoms. The zero-order chi connectivity index (χ0) is 14.4. The minimum absolute atomic E-state index is 0.0301. The summed E-state index contributed by atoms with van der Waals surface area (Å²) in [6.07, 6.45) is 0.705. The summed E-state index contributed by atoms with van der Waals surface area (Å²) in [6.45, 7) is 0.581. The predicted molar refractivity (Wildman–Crippen MR) is 88.9 cm³/mol. The maximum Gasteiger partial charge on any atom is 0.216 e. The average Bonchev–Trinajstić information content (AvgIpc) is 2.75. The second kappa shape index (κ2) is 7.40. The Morgan fingerprint density at radius 1 is 1.50 bits per heavy atom. The van der Waals surface area contributed by atoms with Crippen molar-refractivity contribution in [3.63, 3.8) is 0 Å². The molecule has 2 N–H and O–H groups in total. The third-order valence-electron chi connectivity index (χ3n) is 2.90. The van der Waals surface area contributed by atoms with Gasteiger partial charge >= 0.3 is 0 Å². The summed E-state index contributed by atoms with van der Waals surface area (Å²) in [5.41, 5.74) is 0. The molecule has 4 nitrogen and oxygen atoms in total. The highest BCUT2D eigenvalue weighted by Crippen LogP contribution is 2.18. The van der Waals surface area contributed by atoms with Gasteiger partial charge in [-0.25, -0.2) is 0 Å². The standard InChI is InChI=1S/C13H17NO3S3/c15-20(16)9-6-11(10-20)14-13(18)19-8-7-17-12-4-2-1-3-5-12/h1-5,11H,6-10H2,(H-,14,15,16,18)/p+1/t11-/m1/s1. The first-order chi connectivity index (χ1) is 9.55. The van der Waals surface area contributed by atoms with E-state index in [4.69, 9.17) is 17.0 Å². The number of thiocarbonyl (C=S) groups is 1. The van der Waals surface area contributed by atoms with E-state index in [0.717, 1.165) is 11.5 Å². The van der Waals surface area contributed by atoms with Crippen molar-refractivity contribution in [2.45, 2.75) is 12.5 Å². The van der Waals surface area contributed by atoms with Gasteiger partial charge in [-0.3, -0.25) is 0 Å². The fourth-order valence-corrected chi connectivity index (χ4v) is 4.66. The van der Waals surface area contributed by atoms with Crippen LogP contribution in [-0.4, -0.2) is 38.8 Å². The van der Waals surface area contributed by atoms with Crippen LogP contribution in [0.2, 0.25) is 0 Å². The highest BCUT2D eigenvalue weighted by molar-refractivity contribution is 8.23. The molecule has 0 aromatic heterocycles. The first kappa shape index (κ1) is 15.8. The van der Waals surface area contributed by atoms with E-state index in [1.54, 1.807) is 0 Å². The van der Waals surface area contributed by atoms with Crippen molar-refractivity contribution >= 4 is 38.5 Å². The van der Waals surface area contributed by atoms with Gasteiger partial charge in [0.1, 0.15) is 15.8 Å². The highest BCUT2D eigenvalue weighted by Gasteiger charge is 2.38. The number of rotatable bonds is 5. The zero-order valence-corrected chi connectivity index (χ0v) is 13.4. The summed E-state index contributed by atoms with van der Waals surface area (Å²) in [5.74, 6) is 2.27. The van der Waals surface area contributed by atoms with Crippen LogP contribution in [0.15, 0.2) is 30.3 Å². The van der Waals surface area contributed by atoms with Crippen molar-refractivity contribution in [2.24, 2.45) is 0 Å². The smallest absolute Gasteiger partial charge is 0.216 e. The van der Waals surface area contributed by atoms with Crippen LogP contribution in [0.3, 0.4) is 0 Å². The van der Waals surface area contributed by atoms with Crippen LogP contribution >= 0.6 is 24.0 Å². The summed E-state index contributed by atoms with van der Waals surface area (Å²) in [6, 6.07) is 9.67. The van der Waals surface area contributed by atoms with Crippen LogP contribution in [0.5, 0.6) is 5.75 Å². The molecule has 1 saturated heterocycles. The topological polar surface area (TPSA) is 58.6 Å². The Morgan fingerprint density at radius 3 is 2.90 bits per heavy atom. The molecule has 0 bridgehead atoms. The lowest BCUT2D eigenvalue weighted by atomic mass is 10.3. The summed E-state index contributed by atoms with van der Waals surface area (Å²) >= 11 is 6.72. The quantitative estimate of drug-likeness (QED) is 0.491. The van der Waals surface area contributed by atoms with Gasteiger partial charge in [-0.05, 0) is 12.1 Å². The lowest BCUT2D eigenvalue weighted by molar-refractivity contribution is 0.344. The van der Waals surface area contributed by atoms with Crippen LogP contribution in [0.4, 0.5) is 0 Å². The maximum atomic E-state index is 11.4. The molecule has 0 radical (unpaired) electrons. The normalized spacial score (nSPS) is 25.4. The van der Waals surface area contributed by atoms with Gasteiger partial charge in [-0.1, -0.05) is 46.4 Å². The van der Waals surface area contributed by atoms with Crippen molar-refractivity contribution in [1.29, 1.82) is 0 Å². The van der Waals surface area contributed by atoms with Crippen LogP contribution in [0.1, 0.15) is 6.42 Å². The van der Waals surface area contributed by atoms with Gasteiger partial charge in [-0.15, -0.1) is 0 Å². The van der Waals surface area contributed by atoms with E-state index < -0.39 is 10.2 Å². The molecule has 1 aliphatic rings. The van der Waals surface area contributed by atoms with E-state index in [1.165, 1.54) is 11.8 Å². The second-order valence-electron chi connectivity index (χ2n) is 4.57. The summed E-state index contributed by atoms with van der Waals surface area (Å²) < 4.78 is 27.1. The lowest BCUT2D eigenvalue weighted by Crippen LogP contribution is -2.33. The average molecular weight is 332 g/mol. The number of hydrogen-bond acceptors (Lipinski definition) is 4. The van der Waals surface area contributed by atoms with Gasteiger partial charge in [0.15, 0.2) is 5.75 Å². The second-order valence-corrected chi connectivity index (χ2v) is 8.63. The number of benzene rings is 1. The fourth-order valence-electron chi connectivity index (χ4n) is 1.94. The highest BCUT2D eigenvalue weighted by atomic mass is 32.3. The van der Waals surface area contributed by atoms with E-state index in [-0.39, 0.29) is 6.04 Å². The Bertz CT molecular complexity index is 495. The van der Waals surface area contributed by atoms with Crippen molar-refractivity contribution in [3.8, 4) is 5.75 Å². The molecule has 0 amide bonds. The molecule has 0 spiro atoms. The maximum absolute atomic E-state index is 11.4. The first-order valence-corrected chi connectivity index (χ1v) is 9.63. The van der Waals surface area contributed by atoms with Crippen molar-refractivity contribution in [1.82, 2.24) is 5.32 Å². The molecule has 1 aromatic carbocycles. The number of thioether (sulfide) groups is 1. The first-order valence-electron chi connectivity index (χ1n) is 6.38. The molecule has 1 unspecified atom stereocenters. The van der Waals surface area contributed by atoms with Gasteiger partial charge in [-0.2, -0.15) is 4.55 Å². The summed E-state index contributed by atoms with van der Waals surface area (Å²) in [7, 11) is -2.61. The SMILES string of the molecule is O=[S+]1(O)CC[C@@H](NC(=S)SCCOc2ccccc2)C1. The Balaban J connectivity index is 1.60. The van der Waals surface area contributed by atoms with Gasteiger partial charge < -0.3 is 10.1 Å². The molecule has 0 saturated carbocycles. The van der Waals surface area contributed by atoms with Crippen molar-refractivity contribution in [3.05, 3.63) is 30.3 Å². The van der Waals surface area contributed by atoms with Crippen molar-refractivity contribution in [2.75, 3.05) is 23.9 Å². The monoisotopic (exact) mass is 332 g/mol. The number of nitrogens with one attached hydrogen (secondary N) is 1. The molecule has 0 aliphatic carbocycles. The Kier molecular flexibility index (Phi) is 5.83. The molecule has 2 rings (SSSR count). The molecular weight excluding hydrogens is 314 g/mol. The molecule has 1 aliphatic heterocycles.